The first kappa shape index (κ1) is 23.1. The third kappa shape index (κ3) is 5.66. The predicted molar refractivity (Wildman–Crippen MR) is 130 cm³/mol. The van der Waals surface area contributed by atoms with Gasteiger partial charge in [-0.15, -0.1) is 0 Å². The predicted octanol–water partition coefficient (Wildman–Crippen LogP) is 4.34. The number of aromatic nitrogens is 1. The van der Waals surface area contributed by atoms with Gasteiger partial charge in [-0.25, -0.2) is 13.4 Å². The van der Waals surface area contributed by atoms with E-state index in [-0.39, 0.29) is 0 Å². The lowest BCUT2D eigenvalue weighted by Crippen LogP contribution is -2.37. The van der Waals surface area contributed by atoms with Crippen LogP contribution in [-0.2, 0) is 27.7 Å². The second kappa shape index (κ2) is 9.44. The molecule has 1 atom stereocenters. The van der Waals surface area contributed by atoms with Gasteiger partial charge in [0.05, 0.1) is 23.6 Å². The van der Waals surface area contributed by atoms with Crippen LogP contribution in [0.25, 0.3) is 22.4 Å². The number of hydrogen-bond acceptors (Lipinski definition) is 7. The molecule has 172 valence electrons. The van der Waals surface area contributed by atoms with E-state index >= 15 is 0 Å². The van der Waals surface area contributed by atoms with Crippen molar-refractivity contribution in [3.63, 3.8) is 0 Å². The van der Waals surface area contributed by atoms with Crippen LogP contribution < -0.4 is 4.72 Å². The monoisotopic (exact) mass is 484 g/mol. The zero-order valence-electron chi connectivity index (χ0n) is 18.5. The highest BCUT2D eigenvalue weighted by atomic mass is 32.2. The van der Waals surface area contributed by atoms with Gasteiger partial charge in [0.1, 0.15) is 17.1 Å². The van der Waals surface area contributed by atoms with Gasteiger partial charge < -0.3 is 8.83 Å². The van der Waals surface area contributed by atoms with Crippen molar-refractivity contribution >= 4 is 38.7 Å². The number of furan rings is 1. The van der Waals surface area contributed by atoms with E-state index in [1.54, 1.807) is 6.26 Å². The molecule has 0 saturated heterocycles. The minimum absolute atomic E-state index is 0.405. The number of fused-ring (bicyclic) bond motifs is 1. The SMILES string of the molecule is CSC(Cc1ccc2oc(Cc3nc(-c4ccccc4)oc3C)cc2c1)C(=O)NS(C)(=O)=O. The number of benzene rings is 2. The molecule has 1 amide bonds. The second-order valence-corrected chi connectivity index (χ2v) is 10.6. The summed E-state index contributed by atoms with van der Waals surface area (Å²) in [5.74, 6) is 1.56. The maximum Gasteiger partial charge on any atom is 0.246 e. The highest BCUT2D eigenvalue weighted by Gasteiger charge is 2.21. The van der Waals surface area contributed by atoms with Crippen LogP contribution in [0.3, 0.4) is 0 Å². The fraction of sp³-hybridized carbons (Fsp3) is 0.250. The number of amides is 1. The lowest BCUT2D eigenvalue weighted by Gasteiger charge is -2.13. The summed E-state index contributed by atoms with van der Waals surface area (Å²) in [4.78, 5) is 16.9. The third-order valence-electron chi connectivity index (χ3n) is 5.17. The second-order valence-electron chi connectivity index (χ2n) is 7.82. The number of nitrogens with zero attached hydrogens (tertiary/aromatic N) is 1. The minimum Gasteiger partial charge on any atom is -0.461 e. The Balaban J connectivity index is 1.52. The molecule has 0 spiro atoms. The smallest absolute Gasteiger partial charge is 0.246 e. The molecular formula is C24H24N2O5S2. The van der Waals surface area contributed by atoms with E-state index in [1.807, 2.05) is 61.5 Å². The van der Waals surface area contributed by atoms with Gasteiger partial charge in [-0.2, -0.15) is 11.8 Å². The van der Waals surface area contributed by atoms with Crippen LogP contribution in [0.1, 0.15) is 22.8 Å². The van der Waals surface area contributed by atoms with Crippen molar-refractivity contribution < 1.29 is 22.0 Å². The summed E-state index contributed by atoms with van der Waals surface area (Å²) in [6.07, 6.45) is 3.66. The quantitative estimate of drug-likeness (QED) is 0.397. The Morgan fingerprint density at radius 1 is 1.12 bits per heavy atom. The summed E-state index contributed by atoms with van der Waals surface area (Å²) in [6.45, 7) is 1.89. The Morgan fingerprint density at radius 2 is 1.88 bits per heavy atom. The topological polar surface area (TPSA) is 102 Å². The van der Waals surface area contributed by atoms with E-state index in [2.05, 4.69) is 9.71 Å². The zero-order valence-corrected chi connectivity index (χ0v) is 20.1. The Kier molecular flexibility index (Phi) is 6.62. The van der Waals surface area contributed by atoms with Gasteiger partial charge in [0.25, 0.3) is 0 Å². The number of thioether (sulfide) groups is 1. The Hall–Kier alpha value is -3.04. The maximum absolute atomic E-state index is 12.3. The first-order valence-corrected chi connectivity index (χ1v) is 13.5. The molecule has 7 nitrogen and oxygen atoms in total. The van der Waals surface area contributed by atoms with Crippen molar-refractivity contribution in [1.82, 2.24) is 9.71 Å². The number of oxazole rings is 1. The van der Waals surface area contributed by atoms with E-state index in [0.717, 1.165) is 45.6 Å². The molecule has 9 heteroatoms. The molecular weight excluding hydrogens is 460 g/mol. The number of carbonyl (C=O) groups is 1. The van der Waals surface area contributed by atoms with Gasteiger partial charge >= 0.3 is 0 Å². The minimum atomic E-state index is -3.59. The van der Waals surface area contributed by atoms with Gasteiger partial charge in [0.15, 0.2) is 0 Å². The van der Waals surface area contributed by atoms with Crippen LogP contribution in [0, 0.1) is 6.92 Å². The number of sulfonamides is 1. The van der Waals surface area contributed by atoms with Crippen molar-refractivity contribution in [3.8, 4) is 11.5 Å². The van der Waals surface area contributed by atoms with E-state index in [0.29, 0.717) is 18.7 Å². The molecule has 0 fully saturated rings. The highest BCUT2D eigenvalue weighted by Crippen LogP contribution is 2.27. The molecule has 0 bridgehead atoms. The van der Waals surface area contributed by atoms with Crippen LogP contribution in [0.5, 0.6) is 0 Å². The first-order chi connectivity index (χ1) is 15.7. The number of carbonyl (C=O) groups excluding carboxylic acids is 1. The summed E-state index contributed by atoms with van der Waals surface area (Å²) in [7, 11) is -3.59. The summed E-state index contributed by atoms with van der Waals surface area (Å²) in [5, 5.41) is 0.396. The third-order valence-corrected chi connectivity index (χ3v) is 6.69. The molecule has 2 heterocycles. The molecule has 2 aromatic heterocycles. The van der Waals surface area contributed by atoms with Crippen LogP contribution in [0.4, 0.5) is 0 Å². The van der Waals surface area contributed by atoms with Crippen LogP contribution in [0.2, 0.25) is 0 Å². The van der Waals surface area contributed by atoms with Gasteiger partial charge in [0.2, 0.25) is 21.8 Å². The first-order valence-electron chi connectivity index (χ1n) is 10.3. The molecule has 0 aliphatic carbocycles. The van der Waals surface area contributed by atoms with E-state index in [4.69, 9.17) is 8.83 Å². The van der Waals surface area contributed by atoms with Crippen molar-refractivity contribution in [2.24, 2.45) is 0 Å². The molecule has 0 radical (unpaired) electrons. The van der Waals surface area contributed by atoms with E-state index < -0.39 is 21.2 Å². The molecule has 0 aliphatic heterocycles. The van der Waals surface area contributed by atoms with Crippen LogP contribution >= 0.6 is 11.8 Å². The molecule has 4 aromatic rings. The summed E-state index contributed by atoms with van der Waals surface area (Å²) in [6, 6.07) is 17.4. The van der Waals surface area contributed by atoms with Crippen LogP contribution in [-0.4, -0.2) is 37.1 Å². The number of hydrogen-bond donors (Lipinski definition) is 1. The van der Waals surface area contributed by atoms with E-state index in [1.165, 1.54) is 11.8 Å². The molecule has 33 heavy (non-hydrogen) atoms. The largest absolute Gasteiger partial charge is 0.461 e. The summed E-state index contributed by atoms with van der Waals surface area (Å²) in [5.41, 5.74) is 3.39. The summed E-state index contributed by atoms with van der Waals surface area (Å²) >= 11 is 1.31. The van der Waals surface area contributed by atoms with Gasteiger partial charge in [-0.05, 0) is 55.5 Å². The average Bonchev–Trinajstić information content (AvgIpc) is 3.34. The standard InChI is InChI=1S/C24H24N2O5S2/c1-15-20(25-24(30-15)17-7-5-4-6-8-17)14-19-13-18-11-16(9-10-21(18)31-19)12-22(32-2)23(27)26-33(3,28)29/h4-11,13,22H,12,14H2,1-3H3,(H,26,27). The zero-order chi connectivity index (χ0) is 23.6. The number of rotatable bonds is 8. The normalized spacial score (nSPS) is 12.7. The van der Waals surface area contributed by atoms with Crippen molar-refractivity contribution in [3.05, 3.63) is 77.4 Å². The Morgan fingerprint density at radius 3 is 2.58 bits per heavy atom. The van der Waals surface area contributed by atoms with Crippen molar-refractivity contribution in [2.45, 2.75) is 25.0 Å². The molecule has 0 saturated carbocycles. The van der Waals surface area contributed by atoms with Gasteiger partial charge in [0, 0.05) is 10.9 Å². The Labute approximate surface area is 196 Å². The fourth-order valence-electron chi connectivity index (χ4n) is 3.57. The van der Waals surface area contributed by atoms with Crippen molar-refractivity contribution in [2.75, 3.05) is 12.5 Å². The lowest BCUT2D eigenvalue weighted by atomic mass is 10.1. The molecule has 0 aliphatic rings. The van der Waals surface area contributed by atoms with Gasteiger partial charge in [-0.1, -0.05) is 24.3 Å². The molecule has 4 rings (SSSR count). The van der Waals surface area contributed by atoms with E-state index in [9.17, 15) is 13.2 Å². The Bertz CT molecular complexity index is 1390. The number of aryl methyl sites for hydroxylation is 1. The maximum atomic E-state index is 12.3. The average molecular weight is 485 g/mol. The molecule has 1 N–H and O–H groups in total. The molecule has 1 unspecified atom stereocenters. The van der Waals surface area contributed by atoms with Crippen LogP contribution in [0.15, 0.2) is 63.4 Å². The fourth-order valence-corrected chi connectivity index (χ4v) is 4.78. The summed E-state index contributed by atoms with van der Waals surface area (Å²) < 4.78 is 36.7. The van der Waals surface area contributed by atoms with Crippen molar-refractivity contribution in [1.29, 1.82) is 0 Å². The molecule has 2 aromatic carbocycles. The highest BCUT2D eigenvalue weighted by molar-refractivity contribution is 8.00. The number of nitrogens with one attached hydrogen (secondary N) is 1. The lowest BCUT2D eigenvalue weighted by molar-refractivity contribution is -0.118. The van der Waals surface area contributed by atoms with Gasteiger partial charge in [-0.3, -0.25) is 9.52 Å².